The molecular formula is C15H19ClN2O3. The molecule has 2 amide bonds. The SMILES string of the molecule is CC1(C)CCN(C(=O)Nc2ccc(C(=O)O)c(Cl)c2)CC1. The van der Waals surface area contributed by atoms with Crippen LogP contribution in [0.3, 0.4) is 0 Å². The number of halogens is 1. The van der Waals surface area contributed by atoms with Gasteiger partial charge in [0.2, 0.25) is 0 Å². The van der Waals surface area contributed by atoms with Crippen molar-refractivity contribution in [3.8, 4) is 0 Å². The first-order chi connectivity index (χ1) is 9.78. The van der Waals surface area contributed by atoms with E-state index in [4.69, 9.17) is 16.7 Å². The topological polar surface area (TPSA) is 69.6 Å². The molecule has 6 heteroatoms. The normalized spacial score (nSPS) is 17.4. The van der Waals surface area contributed by atoms with E-state index in [1.807, 2.05) is 0 Å². The molecule has 0 saturated carbocycles. The number of urea groups is 1. The number of hydrogen-bond acceptors (Lipinski definition) is 2. The maximum Gasteiger partial charge on any atom is 0.337 e. The summed E-state index contributed by atoms with van der Waals surface area (Å²) in [4.78, 5) is 24.8. The van der Waals surface area contributed by atoms with Crippen LogP contribution in [0.2, 0.25) is 5.02 Å². The zero-order valence-corrected chi connectivity index (χ0v) is 12.9. The number of carboxylic acid groups (broad SMARTS) is 1. The lowest BCUT2D eigenvalue weighted by Crippen LogP contribution is -2.43. The Morgan fingerprint density at radius 2 is 1.90 bits per heavy atom. The molecule has 0 spiro atoms. The van der Waals surface area contributed by atoms with Crippen LogP contribution < -0.4 is 5.32 Å². The van der Waals surface area contributed by atoms with Crippen molar-refractivity contribution >= 4 is 29.3 Å². The molecule has 1 saturated heterocycles. The number of hydrogen-bond donors (Lipinski definition) is 2. The van der Waals surface area contributed by atoms with Gasteiger partial charge in [-0.15, -0.1) is 0 Å². The van der Waals surface area contributed by atoms with Gasteiger partial charge in [-0.2, -0.15) is 0 Å². The van der Waals surface area contributed by atoms with Crippen molar-refractivity contribution in [2.45, 2.75) is 26.7 Å². The van der Waals surface area contributed by atoms with Crippen LogP contribution in [0.4, 0.5) is 10.5 Å². The van der Waals surface area contributed by atoms with Crippen LogP contribution >= 0.6 is 11.6 Å². The lowest BCUT2D eigenvalue weighted by molar-refractivity contribution is 0.0697. The highest BCUT2D eigenvalue weighted by Crippen LogP contribution is 2.30. The third-order valence-corrected chi connectivity index (χ3v) is 4.17. The number of nitrogens with zero attached hydrogens (tertiary/aromatic N) is 1. The van der Waals surface area contributed by atoms with Crippen LogP contribution in [-0.2, 0) is 0 Å². The van der Waals surface area contributed by atoms with Crippen LogP contribution in [0.5, 0.6) is 0 Å². The van der Waals surface area contributed by atoms with Gasteiger partial charge in [-0.05, 0) is 36.5 Å². The van der Waals surface area contributed by atoms with Crippen LogP contribution in [0.1, 0.15) is 37.0 Å². The minimum Gasteiger partial charge on any atom is -0.478 e. The summed E-state index contributed by atoms with van der Waals surface area (Å²) in [5.74, 6) is -1.09. The number of likely N-dealkylation sites (tertiary alicyclic amines) is 1. The molecule has 21 heavy (non-hydrogen) atoms. The number of aromatic carboxylic acids is 1. The zero-order chi connectivity index (χ0) is 15.6. The average Bonchev–Trinajstić information content (AvgIpc) is 2.38. The van der Waals surface area contributed by atoms with Gasteiger partial charge in [0.1, 0.15) is 0 Å². The quantitative estimate of drug-likeness (QED) is 0.875. The van der Waals surface area contributed by atoms with Crippen LogP contribution in [0.25, 0.3) is 0 Å². The Kier molecular flexibility index (Phi) is 4.42. The summed E-state index contributed by atoms with van der Waals surface area (Å²) in [6.45, 7) is 5.85. The summed E-state index contributed by atoms with van der Waals surface area (Å²) in [5, 5.41) is 11.8. The molecule has 1 heterocycles. The second-order valence-electron chi connectivity index (χ2n) is 6.08. The Hall–Kier alpha value is -1.75. The van der Waals surface area contributed by atoms with Crippen LogP contribution in [0, 0.1) is 5.41 Å². The smallest absolute Gasteiger partial charge is 0.337 e. The minimum absolute atomic E-state index is 0.0226. The summed E-state index contributed by atoms with van der Waals surface area (Å²) in [7, 11) is 0. The van der Waals surface area contributed by atoms with E-state index in [2.05, 4.69) is 19.2 Å². The fraction of sp³-hybridized carbons (Fsp3) is 0.467. The largest absolute Gasteiger partial charge is 0.478 e. The van der Waals surface area contributed by atoms with E-state index < -0.39 is 5.97 Å². The number of piperidine rings is 1. The van der Waals surface area contributed by atoms with Gasteiger partial charge in [0.25, 0.3) is 0 Å². The van der Waals surface area contributed by atoms with E-state index in [1.54, 1.807) is 11.0 Å². The van der Waals surface area contributed by atoms with Crippen molar-refractivity contribution in [2.24, 2.45) is 5.41 Å². The summed E-state index contributed by atoms with van der Waals surface area (Å²) >= 11 is 5.89. The van der Waals surface area contributed by atoms with Gasteiger partial charge in [0, 0.05) is 18.8 Å². The first kappa shape index (κ1) is 15.6. The molecule has 0 aliphatic carbocycles. The zero-order valence-electron chi connectivity index (χ0n) is 12.1. The lowest BCUT2D eigenvalue weighted by Gasteiger charge is -2.36. The van der Waals surface area contributed by atoms with Crippen molar-refractivity contribution in [3.05, 3.63) is 28.8 Å². The molecule has 0 bridgehead atoms. The third kappa shape index (κ3) is 3.88. The van der Waals surface area contributed by atoms with Crippen molar-refractivity contribution < 1.29 is 14.7 Å². The first-order valence-electron chi connectivity index (χ1n) is 6.87. The summed E-state index contributed by atoms with van der Waals surface area (Å²) in [5.41, 5.74) is 0.803. The standard InChI is InChI=1S/C15H19ClN2O3/c1-15(2)5-7-18(8-6-15)14(21)17-10-3-4-11(13(19)20)12(16)9-10/h3-4,9H,5-8H2,1-2H3,(H,17,21)(H,19,20). The number of anilines is 1. The molecule has 0 unspecified atom stereocenters. The molecule has 1 fully saturated rings. The number of benzene rings is 1. The van der Waals surface area contributed by atoms with Crippen molar-refractivity contribution in [3.63, 3.8) is 0 Å². The molecule has 0 aromatic heterocycles. The molecule has 114 valence electrons. The molecule has 2 rings (SSSR count). The Balaban J connectivity index is 2.00. The second kappa shape index (κ2) is 5.93. The van der Waals surface area contributed by atoms with E-state index in [1.165, 1.54) is 12.1 Å². The molecule has 1 aliphatic rings. The first-order valence-corrected chi connectivity index (χ1v) is 7.25. The fourth-order valence-corrected chi connectivity index (χ4v) is 2.55. The van der Waals surface area contributed by atoms with E-state index in [9.17, 15) is 9.59 Å². The van der Waals surface area contributed by atoms with Gasteiger partial charge in [-0.3, -0.25) is 0 Å². The number of amides is 2. The van der Waals surface area contributed by atoms with E-state index in [0.717, 1.165) is 25.9 Å². The molecule has 0 atom stereocenters. The highest BCUT2D eigenvalue weighted by molar-refractivity contribution is 6.33. The Morgan fingerprint density at radius 3 is 2.43 bits per heavy atom. The van der Waals surface area contributed by atoms with Crippen molar-refractivity contribution in [1.82, 2.24) is 4.90 Å². The monoisotopic (exact) mass is 310 g/mol. The summed E-state index contributed by atoms with van der Waals surface area (Å²) in [6.07, 6.45) is 1.94. The van der Waals surface area contributed by atoms with Gasteiger partial charge in [0.05, 0.1) is 10.6 Å². The maximum absolute atomic E-state index is 12.2. The molecule has 1 aromatic carbocycles. The third-order valence-electron chi connectivity index (χ3n) is 3.85. The number of carboxylic acids is 1. The average molecular weight is 311 g/mol. The highest BCUT2D eigenvalue weighted by atomic mass is 35.5. The minimum atomic E-state index is -1.09. The Morgan fingerprint density at radius 1 is 1.29 bits per heavy atom. The molecular weight excluding hydrogens is 292 g/mol. The summed E-state index contributed by atoms with van der Waals surface area (Å²) < 4.78 is 0. The van der Waals surface area contributed by atoms with Crippen LogP contribution in [-0.4, -0.2) is 35.1 Å². The highest BCUT2D eigenvalue weighted by Gasteiger charge is 2.27. The van der Waals surface area contributed by atoms with Gasteiger partial charge < -0.3 is 15.3 Å². The van der Waals surface area contributed by atoms with Crippen LogP contribution in [0.15, 0.2) is 18.2 Å². The molecule has 5 nitrogen and oxygen atoms in total. The molecule has 0 radical (unpaired) electrons. The second-order valence-corrected chi connectivity index (χ2v) is 6.49. The molecule has 1 aliphatic heterocycles. The van der Waals surface area contributed by atoms with E-state index in [0.29, 0.717) is 5.69 Å². The predicted molar refractivity (Wildman–Crippen MR) is 82.0 cm³/mol. The van der Waals surface area contributed by atoms with Crippen molar-refractivity contribution in [1.29, 1.82) is 0 Å². The predicted octanol–water partition coefficient (Wildman–Crippen LogP) is 3.69. The Bertz CT molecular complexity index is 562. The number of carbonyl (C=O) groups is 2. The van der Waals surface area contributed by atoms with Gasteiger partial charge in [-0.1, -0.05) is 25.4 Å². The van der Waals surface area contributed by atoms with E-state index >= 15 is 0 Å². The van der Waals surface area contributed by atoms with Crippen molar-refractivity contribution in [2.75, 3.05) is 18.4 Å². The fourth-order valence-electron chi connectivity index (χ4n) is 2.28. The molecule has 1 aromatic rings. The maximum atomic E-state index is 12.2. The van der Waals surface area contributed by atoms with E-state index in [-0.39, 0.29) is 22.0 Å². The summed E-state index contributed by atoms with van der Waals surface area (Å²) in [6, 6.07) is 4.21. The molecule has 2 N–H and O–H groups in total. The van der Waals surface area contributed by atoms with Gasteiger partial charge >= 0.3 is 12.0 Å². The number of carbonyl (C=O) groups excluding carboxylic acids is 1. The van der Waals surface area contributed by atoms with Gasteiger partial charge in [-0.25, -0.2) is 9.59 Å². The lowest BCUT2D eigenvalue weighted by atomic mass is 9.83. The number of rotatable bonds is 2. The Labute approximate surface area is 128 Å². The number of nitrogens with one attached hydrogen (secondary N) is 1. The van der Waals surface area contributed by atoms with Gasteiger partial charge in [0.15, 0.2) is 0 Å².